The molecule has 0 aliphatic carbocycles. The van der Waals surface area contributed by atoms with Crippen molar-refractivity contribution in [1.82, 2.24) is 15.1 Å². The van der Waals surface area contributed by atoms with E-state index in [9.17, 15) is 14.4 Å². The molecule has 7 heteroatoms. The Labute approximate surface area is 125 Å². The molecule has 0 radical (unpaired) electrons. The molecule has 21 heavy (non-hydrogen) atoms. The number of carbonyl (C=O) groups excluding carboxylic acids is 3. The highest BCUT2D eigenvalue weighted by Crippen LogP contribution is 2.06. The molecule has 0 aromatic rings. The van der Waals surface area contributed by atoms with Gasteiger partial charge < -0.3 is 19.9 Å². The molecule has 0 unspecified atom stereocenters. The number of carbonyl (C=O) groups is 3. The molecule has 1 N–H and O–H groups in total. The Morgan fingerprint density at radius 2 is 1.57 bits per heavy atom. The zero-order valence-corrected chi connectivity index (χ0v) is 13.3. The van der Waals surface area contributed by atoms with E-state index in [0.29, 0.717) is 32.8 Å². The lowest BCUT2D eigenvalue weighted by atomic mass is 10.1. The van der Waals surface area contributed by atoms with Gasteiger partial charge in [0.1, 0.15) is 6.42 Å². The van der Waals surface area contributed by atoms with E-state index in [1.54, 1.807) is 16.7 Å². The Morgan fingerprint density at radius 3 is 2.05 bits per heavy atom. The van der Waals surface area contributed by atoms with Crippen molar-refractivity contribution >= 4 is 17.9 Å². The third-order valence-corrected chi connectivity index (χ3v) is 2.98. The van der Waals surface area contributed by atoms with Gasteiger partial charge in [-0.2, -0.15) is 0 Å². The number of hydrogen-bond acceptors (Lipinski definition) is 4. The Morgan fingerprint density at radius 1 is 1.05 bits per heavy atom. The Bertz CT molecular complexity index is 396. The van der Waals surface area contributed by atoms with Crippen LogP contribution in [0.25, 0.3) is 0 Å². The minimum Gasteiger partial charge on any atom is -0.450 e. The van der Waals surface area contributed by atoms with Gasteiger partial charge in [-0.1, -0.05) is 0 Å². The quantitative estimate of drug-likeness (QED) is 0.774. The summed E-state index contributed by atoms with van der Waals surface area (Å²) in [5.74, 6) is -0.486. The third-order valence-electron chi connectivity index (χ3n) is 2.98. The fourth-order valence-corrected chi connectivity index (χ4v) is 2.06. The van der Waals surface area contributed by atoms with Crippen molar-refractivity contribution in [3.63, 3.8) is 0 Å². The highest BCUT2D eigenvalue weighted by atomic mass is 16.6. The van der Waals surface area contributed by atoms with Gasteiger partial charge in [0.2, 0.25) is 11.8 Å². The largest absolute Gasteiger partial charge is 0.450 e. The minimum atomic E-state index is -0.352. The van der Waals surface area contributed by atoms with Gasteiger partial charge >= 0.3 is 6.09 Å². The standard InChI is InChI=1S/C14H25N3O4/c1-5-21-13(20)17-8-6-16(7-9-17)12(19)10-11(18)15-14(2,3)4/h5-10H2,1-4H3,(H,15,18). The second kappa shape index (κ2) is 7.28. The molecule has 1 heterocycles. The van der Waals surface area contributed by atoms with Crippen LogP contribution in [0.2, 0.25) is 0 Å². The summed E-state index contributed by atoms with van der Waals surface area (Å²) in [6, 6.07) is 0. The zero-order chi connectivity index (χ0) is 16.0. The lowest BCUT2D eigenvalue weighted by molar-refractivity contribution is -0.137. The van der Waals surface area contributed by atoms with Crippen LogP contribution in [0.3, 0.4) is 0 Å². The van der Waals surface area contributed by atoms with Gasteiger partial charge in [0.05, 0.1) is 6.61 Å². The van der Waals surface area contributed by atoms with Crippen LogP contribution in [-0.4, -0.2) is 66.0 Å². The lowest BCUT2D eigenvalue weighted by Gasteiger charge is -2.34. The monoisotopic (exact) mass is 299 g/mol. The number of nitrogens with zero attached hydrogens (tertiary/aromatic N) is 2. The van der Waals surface area contributed by atoms with Crippen molar-refractivity contribution in [1.29, 1.82) is 0 Å². The second-order valence-electron chi connectivity index (χ2n) is 6.04. The summed E-state index contributed by atoms with van der Waals surface area (Å²) in [7, 11) is 0. The smallest absolute Gasteiger partial charge is 0.409 e. The predicted octanol–water partition coefficient (Wildman–Crippen LogP) is 0.592. The fraction of sp³-hybridized carbons (Fsp3) is 0.786. The van der Waals surface area contributed by atoms with E-state index in [1.165, 1.54) is 0 Å². The predicted molar refractivity (Wildman–Crippen MR) is 77.7 cm³/mol. The van der Waals surface area contributed by atoms with Gasteiger partial charge in [-0.05, 0) is 27.7 Å². The van der Waals surface area contributed by atoms with Crippen molar-refractivity contribution in [3.8, 4) is 0 Å². The maximum atomic E-state index is 12.0. The molecular weight excluding hydrogens is 274 g/mol. The van der Waals surface area contributed by atoms with E-state index in [-0.39, 0.29) is 29.9 Å². The number of amides is 3. The van der Waals surface area contributed by atoms with Crippen LogP contribution in [0, 0.1) is 0 Å². The highest BCUT2D eigenvalue weighted by molar-refractivity contribution is 5.97. The first-order valence-electron chi connectivity index (χ1n) is 7.23. The molecule has 1 aliphatic heterocycles. The summed E-state index contributed by atoms with van der Waals surface area (Å²) in [5, 5.41) is 2.76. The maximum absolute atomic E-state index is 12.0. The molecule has 1 saturated heterocycles. The van der Waals surface area contributed by atoms with E-state index in [0.717, 1.165) is 0 Å². The first-order chi connectivity index (χ1) is 9.73. The van der Waals surface area contributed by atoms with Crippen molar-refractivity contribution in [2.45, 2.75) is 39.7 Å². The van der Waals surface area contributed by atoms with Crippen molar-refractivity contribution in [2.75, 3.05) is 32.8 Å². The molecule has 1 aliphatic rings. The molecule has 0 aromatic carbocycles. The normalized spacial score (nSPS) is 15.6. The number of rotatable bonds is 3. The van der Waals surface area contributed by atoms with Crippen LogP contribution in [0.4, 0.5) is 4.79 Å². The van der Waals surface area contributed by atoms with Gasteiger partial charge in [0.25, 0.3) is 0 Å². The van der Waals surface area contributed by atoms with E-state index in [1.807, 2.05) is 20.8 Å². The molecular formula is C14H25N3O4. The molecule has 1 rings (SSSR count). The first-order valence-corrected chi connectivity index (χ1v) is 7.23. The highest BCUT2D eigenvalue weighted by Gasteiger charge is 2.26. The number of nitrogens with one attached hydrogen (secondary N) is 1. The SMILES string of the molecule is CCOC(=O)N1CCN(C(=O)CC(=O)NC(C)(C)C)CC1. The van der Waals surface area contributed by atoms with Gasteiger partial charge in [-0.3, -0.25) is 9.59 Å². The summed E-state index contributed by atoms with van der Waals surface area (Å²) in [6.07, 6.45) is -0.508. The second-order valence-corrected chi connectivity index (χ2v) is 6.04. The summed E-state index contributed by atoms with van der Waals surface area (Å²) < 4.78 is 4.92. The molecule has 0 bridgehead atoms. The first kappa shape index (κ1) is 17.3. The molecule has 0 spiro atoms. The van der Waals surface area contributed by atoms with Crippen LogP contribution in [0.1, 0.15) is 34.1 Å². The van der Waals surface area contributed by atoms with E-state index in [2.05, 4.69) is 5.32 Å². The molecule has 120 valence electrons. The summed E-state index contributed by atoms with van der Waals surface area (Å²) in [4.78, 5) is 38.5. The Balaban J connectivity index is 2.38. The van der Waals surface area contributed by atoms with Crippen molar-refractivity contribution in [2.24, 2.45) is 0 Å². The number of piperazine rings is 1. The lowest BCUT2D eigenvalue weighted by Crippen LogP contribution is -2.52. The van der Waals surface area contributed by atoms with E-state index >= 15 is 0 Å². The number of hydrogen-bond donors (Lipinski definition) is 1. The molecule has 7 nitrogen and oxygen atoms in total. The summed E-state index contributed by atoms with van der Waals surface area (Å²) >= 11 is 0. The van der Waals surface area contributed by atoms with Crippen molar-refractivity contribution in [3.05, 3.63) is 0 Å². The average molecular weight is 299 g/mol. The zero-order valence-electron chi connectivity index (χ0n) is 13.3. The Kier molecular flexibility index (Phi) is 5.99. The fourth-order valence-electron chi connectivity index (χ4n) is 2.06. The van der Waals surface area contributed by atoms with Crippen LogP contribution in [0.15, 0.2) is 0 Å². The topological polar surface area (TPSA) is 79.0 Å². The molecule has 0 aromatic heterocycles. The van der Waals surface area contributed by atoms with E-state index in [4.69, 9.17) is 4.74 Å². The third kappa shape index (κ3) is 6.01. The van der Waals surface area contributed by atoms with E-state index < -0.39 is 0 Å². The van der Waals surface area contributed by atoms with Crippen LogP contribution in [0.5, 0.6) is 0 Å². The van der Waals surface area contributed by atoms with Crippen LogP contribution >= 0.6 is 0 Å². The van der Waals surface area contributed by atoms with Gasteiger partial charge in [0, 0.05) is 31.7 Å². The minimum absolute atomic E-state index is 0.156. The average Bonchev–Trinajstić information content (AvgIpc) is 2.36. The molecule has 0 saturated carbocycles. The maximum Gasteiger partial charge on any atom is 0.409 e. The molecule has 3 amide bonds. The van der Waals surface area contributed by atoms with Gasteiger partial charge in [-0.25, -0.2) is 4.79 Å². The van der Waals surface area contributed by atoms with Crippen LogP contribution < -0.4 is 5.32 Å². The van der Waals surface area contributed by atoms with Gasteiger partial charge in [0.15, 0.2) is 0 Å². The van der Waals surface area contributed by atoms with Crippen LogP contribution in [-0.2, 0) is 14.3 Å². The van der Waals surface area contributed by atoms with Crippen molar-refractivity contribution < 1.29 is 19.1 Å². The number of ether oxygens (including phenoxy) is 1. The summed E-state index contributed by atoms with van der Waals surface area (Å²) in [5.41, 5.74) is -0.347. The van der Waals surface area contributed by atoms with Gasteiger partial charge in [-0.15, -0.1) is 0 Å². The Hall–Kier alpha value is -1.79. The summed E-state index contributed by atoms with van der Waals surface area (Å²) in [6.45, 7) is 9.43. The molecule has 0 atom stereocenters. The molecule has 1 fully saturated rings.